The van der Waals surface area contributed by atoms with Crippen molar-refractivity contribution >= 4 is 5.91 Å². The van der Waals surface area contributed by atoms with Crippen molar-refractivity contribution in [2.24, 2.45) is 0 Å². The Balaban J connectivity index is 2.47. The van der Waals surface area contributed by atoms with E-state index in [0.29, 0.717) is 6.54 Å². The first kappa shape index (κ1) is 14.5. The molecular weight excluding hydrogens is 214 g/mol. The molecule has 100 valence electrons. The van der Waals surface area contributed by atoms with Crippen molar-refractivity contribution in [2.45, 2.75) is 58.7 Å². The minimum Gasteiger partial charge on any atom is -0.337 e. The van der Waals surface area contributed by atoms with Gasteiger partial charge in [-0.05, 0) is 47.6 Å². The Hall–Kier alpha value is -0.610. The zero-order valence-electron chi connectivity index (χ0n) is 11.8. The quantitative estimate of drug-likeness (QED) is 0.754. The molecule has 1 saturated heterocycles. The molecule has 1 unspecified atom stereocenters. The van der Waals surface area contributed by atoms with Crippen LogP contribution in [0.2, 0.25) is 0 Å². The third-order valence-corrected chi connectivity index (χ3v) is 3.44. The van der Waals surface area contributed by atoms with Gasteiger partial charge in [0, 0.05) is 24.2 Å². The predicted molar refractivity (Wildman–Crippen MR) is 71.0 cm³/mol. The first-order chi connectivity index (χ1) is 7.86. The highest BCUT2D eigenvalue weighted by Crippen LogP contribution is 2.13. The molecule has 0 saturated carbocycles. The fourth-order valence-corrected chi connectivity index (χ4v) is 2.52. The van der Waals surface area contributed by atoms with Crippen molar-refractivity contribution in [1.29, 1.82) is 0 Å². The van der Waals surface area contributed by atoms with E-state index in [1.54, 1.807) is 0 Å². The van der Waals surface area contributed by atoms with E-state index >= 15 is 0 Å². The van der Waals surface area contributed by atoms with E-state index in [1.807, 2.05) is 4.90 Å². The lowest BCUT2D eigenvalue weighted by Gasteiger charge is -2.33. The summed E-state index contributed by atoms with van der Waals surface area (Å²) >= 11 is 0. The maximum atomic E-state index is 12.2. The summed E-state index contributed by atoms with van der Waals surface area (Å²) in [7, 11) is 0. The van der Waals surface area contributed by atoms with Crippen molar-refractivity contribution in [2.75, 3.05) is 19.6 Å². The Bertz CT molecular complexity index is 249. The van der Waals surface area contributed by atoms with Crippen LogP contribution in [0.3, 0.4) is 0 Å². The van der Waals surface area contributed by atoms with Gasteiger partial charge in [-0.3, -0.25) is 4.79 Å². The van der Waals surface area contributed by atoms with Crippen molar-refractivity contribution in [1.82, 2.24) is 15.5 Å². The number of hydrogen-bond acceptors (Lipinski definition) is 3. The lowest BCUT2D eigenvalue weighted by molar-refractivity contribution is -0.134. The molecule has 1 aliphatic rings. The third-order valence-electron chi connectivity index (χ3n) is 3.44. The second-order valence-corrected chi connectivity index (χ2v) is 5.83. The van der Waals surface area contributed by atoms with E-state index < -0.39 is 0 Å². The molecule has 0 aromatic heterocycles. The van der Waals surface area contributed by atoms with E-state index in [4.69, 9.17) is 0 Å². The lowest BCUT2D eigenvalue weighted by atomic mass is 10.0. The molecule has 0 radical (unpaired) electrons. The number of rotatable bonds is 5. The summed E-state index contributed by atoms with van der Waals surface area (Å²) in [5, 5.41) is 6.72. The molecule has 0 bridgehead atoms. The van der Waals surface area contributed by atoms with Gasteiger partial charge in [0.1, 0.15) is 0 Å². The van der Waals surface area contributed by atoms with Crippen molar-refractivity contribution in [3.63, 3.8) is 0 Å². The number of carbonyl (C=O) groups is 1. The Kier molecular flexibility index (Phi) is 4.95. The Morgan fingerprint density at radius 2 is 1.94 bits per heavy atom. The van der Waals surface area contributed by atoms with Gasteiger partial charge in [0.15, 0.2) is 0 Å². The van der Waals surface area contributed by atoms with Gasteiger partial charge in [0.05, 0.1) is 6.54 Å². The van der Waals surface area contributed by atoms with Crippen LogP contribution in [0.4, 0.5) is 0 Å². The number of nitrogens with zero attached hydrogens (tertiary/aromatic N) is 1. The number of amides is 1. The van der Waals surface area contributed by atoms with Crippen LogP contribution in [0.5, 0.6) is 0 Å². The normalized spacial score (nSPS) is 24.6. The second-order valence-electron chi connectivity index (χ2n) is 5.83. The molecule has 4 heteroatoms. The first-order valence-corrected chi connectivity index (χ1v) is 6.62. The van der Waals surface area contributed by atoms with Crippen LogP contribution in [-0.4, -0.2) is 48.1 Å². The fourth-order valence-electron chi connectivity index (χ4n) is 2.52. The second kappa shape index (κ2) is 5.83. The van der Waals surface area contributed by atoms with Gasteiger partial charge in [0.2, 0.25) is 5.91 Å². The Morgan fingerprint density at radius 1 is 1.35 bits per heavy atom. The summed E-state index contributed by atoms with van der Waals surface area (Å²) < 4.78 is 0. The van der Waals surface area contributed by atoms with Crippen molar-refractivity contribution < 1.29 is 4.79 Å². The zero-order chi connectivity index (χ0) is 13.1. The lowest BCUT2D eigenvalue weighted by Crippen LogP contribution is -2.52. The molecule has 1 fully saturated rings. The Morgan fingerprint density at radius 3 is 2.35 bits per heavy atom. The van der Waals surface area contributed by atoms with Gasteiger partial charge in [-0.1, -0.05) is 0 Å². The molecule has 1 amide bonds. The van der Waals surface area contributed by atoms with Crippen LogP contribution in [0.25, 0.3) is 0 Å². The number of nitrogens with one attached hydrogen (secondary N) is 2. The molecule has 1 heterocycles. The van der Waals surface area contributed by atoms with Gasteiger partial charge < -0.3 is 15.5 Å². The smallest absolute Gasteiger partial charge is 0.237 e. The highest BCUT2D eigenvalue weighted by Gasteiger charge is 2.29. The van der Waals surface area contributed by atoms with E-state index in [9.17, 15) is 4.79 Å². The summed E-state index contributed by atoms with van der Waals surface area (Å²) in [6, 6.07) is 0.526. The van der Waals surface area contributed by atoms with E-state index in [1.165, 1.54) is 0 Å². The maximum Gasteiger partial charge on any atom is 0.237 e. The number of carbonyl (C=O) groups excluding carboxylic acids is 1. The highest BCUT2D eigenvalue weighted by atomic mass is 16.2. The molecule has 2 N–H and O–H groups in total. The summed E-state index contributed by atoms with van der Waals surface area (Å²) in [5.41, 5.74) is 0.0787. The van der Waals surface area contributed by atoms with Crippen molar-refractivity contribution in [3.8, 4) is 0 Å². The summed E-state index contributed by atoms with van der Waals surface area (Å²) in [6.07, 6.45) is 1.09. The minimum absolute atomic E-state index is 0.0787. The average molecular weight is 241 g/mol. The van der Waals surface area contributed by atoms with Gasteiger partial charge in [0.25, 0.3) is 0 Å². The minimum atomic E-state index is 0.0787. The van der Waals surface area contributed by atoms with Crippen molar-refractivity contribution in [3.05, 3.63) is 0 Å². The summed E-state index contributed by atoms with van der Waals surface area (Å²) in [6.45, 7) is 12.9. The van der Waals surface area contributed by atoms with Gasteiger partial charge in [-0.15, -0.1) is 0 Å². The fraction of sp³-hybridized carbons (Fsp3) is 0.923. The molecule has 1 atom stereocenters. The average Bonchev–Trinajstić information content (AvgIpc) is 2.62. The van der Waals surface area contributed by atoms with Gasteiger partial charge in [-0.2, -0.15) is 0 Å². The molecule has 1 rings (SSSR count). The zero-order valence-corrected chi connectivity index (χ0v) is 11.8. The maximum absolute atomic E-state index is 12.2. The van der Waals surface area contributed by atoms with Crippen LogP contribution in [0.1, 0.15) is 41.0 Å². The standard InChI is InChI=1S/C13H27N3O/c1-10(2)16(11(3)4)12(17)8-15-13(5)6-7-14-9-13/h10-11,14-15H,6-9H2,1-5H3. The molecule has 4 nitrogen and oxygen atoms in total. The monoisotopic (exact) mass is 241 g/mol. The summed E-state index contributed by atoms with van der Waals surface area (Å²) in [4.78, 5) is 14.1. The highest BCUT2D eigenvalue weighted by molar-refractivity contribution is 5.79. The SMILES string of the molecule is CC(C)N(C(=O)CNC1(C)CCNC1)C(C)C. The molecule has 0 spiro atoms. The van der Waals surface area contributed by atoms with Crippen LogP contribution in [-0.2, 0) is 4.79 Å². The largest absolute Gasteiger partial charge is 0.337 e. The van der Waals surface area contributed by atoms with Crippen LogP contribution < -0.4 is 10.6 Å². The molecule has 17 heavy (non-hydrogen) atoms. The van der Waals surface area contributed by atoms with E-state index in [-0.39, 0.29) is 23.5 Å². The Labute approximate surface area is 105 Å². The molecule has 0 aromatic carbocycles. The van der Waals surface area contributed by atoms with E-state index in [2.05, 4.69) is 45.3 Å². The van der Waals surface area contributed by atoms with Gasteiger partial charge in [-0.25, -0.2) is 0 Å². The van der Waals surface area contributed by atoms with Crippen LogP contribution in [0, 0.1) is 0 Å². The van der Waals surface area contributed by atoms with Crippen LogP contribution in [0.15, 0.2) is 0 Å². The predicted octanol–water partition coefficient (Wildman–Crippen LogP) is 0.973. The topological polar surface area (TPSA) is 44.4 Å². The first-order valence-electron chi connectivity index (χ1n) is 6.62. The summed E-state index contributed by atoms with van der Waals surface area (Å²) in [5.74, 6) is 0.197. The van der Waals surface area contributed by atoms with Crippen LogP contribution >= 0.6 is 0 Å². The molecular formula is C13H27N3O. The molecule has 0 aromatic rings. The molecule has 0 aliphatic carbocycles. The number of hydrogen-bond donors (Lipinski definition) is 2. The van der Waals surface area contributed by atoms with Gasteiger partial charge >= 0.3 is 0 Å². The third kappa shape index (κ3) is 3.96. The molecule has 1 aliphatic heterocycles. The van der Waals surface area contributed by atoms with E-state index in [0.717, 1.165) is 19.5 Å².